The van der Waals surface area contributed by atoms with E-state index in [2.05, 4.69) is 5.32 Å². The smallest absolute Gasteiger partial charge is 0.211 e. The van der Waals surface area contributed by atoms with Crippen LogP contribution < -0.4 is 5.32 Å². The van der Waals surface area contributed by atoms with E-state index in [4.69, 9.17) is 11.6 Å². The van der Waals surface area contributed by atoms with Gasteiger partial charge in [-0.15, -0.1) is 0 Å². The first-order valence-corrected chi connectivity index (χ1v) is 9.16. The predicted octanol–water partition coefficient (Wildman–Crippen LogP) is 2.55. The number of piperidine rings is 1. The van der Waals surface area contributed by atoms with E-state index in [0.29, 0.717) is 13.1 Å². The van der Waals surface area contributed by atoms with E-state index in [0.717, 1.165) is 18.4 Å². The number of hydrogen-bond donors (Lipinski definition) is 1. The molecule has 1 unspecified atom stereocenters. The molecule has 1 heterocycles. The Morgan fingerprint density at radius 3 is 2.52 bits per heavy atom. The molecule has 1 aliphatic rings. The van der Waals surface area contributed by atoms with Gasteiger partial charge in [0.1, 0.15) is 5.82 Å². The van der Waals surface area contributed by atoms with Crippen molar-refractivity contribution >= 4 is 21.6 Å². The quantitative estimate of drug-likeness (QED) is 0.920. The summed E-state index contributed by atoms with van der Waals surface area (Å²) in [5.74, 6) is -0.422. The Morgan fingerprint density at radius 2 is 2.00 bits per heavy atom. The Hall–Kier alpha value is -0.690. The van der Waals surface area contributed by atoms with Crippen molar-refractivity contribution in [2.45, 2.75) is 31.8 Å². The molecule has 0 saturated carbocycles. The van der Waals surface area contributed by atoms with Gasteiger partial charge in [0.15, 0.2) is 0 Å². The predicted molar refractivity (Wildman–Crippen MR) is 82.4 cm³/mol. The SMILES string of the molecule is CC(NC1CCN(S(C)(=O)=O)CC1)c1ccc(Cl)c(F)c1. The van der Waals surface area contributed by atoms with E-state index in [1.807, 2.05) is 6.92 Å². The van der Waals surface area contributed by atoms with Gasteiger partial charge < -0.3 is 5.32 Å². The highest BCUT2D eigenvalue weighted by Gasteiger charge is 2.25. The van der Waals surface area contributed by atoms with Crippen LogP contribution >= 0.6 is 11.6 Å². The molecule has 1 saturated heterocycles. The molecule has 2 rings (SSSR count). The number of nitrogens with one attached hydrogen (secondary N) is 1. The normalized spacial score (nSPS) is 19.6. The summed E-state index contributed by atoms with van der Waals surface area (Å²) in [6.07, 6.45) is 2.75. The van der Waals surface area contributed by atoms with Crippen LogP contribution in [0.15, 0.2) is 18.2 Å². The fourth-order valence-electron chi connectivity index (χ4n) is 2.59. The first-order chi connectivity index (χ1) is 9.77. The highest BCUT2D eigenvalue weighted by Crippen LogP contribution is 2.22. The maximum absolute atomic E-state index is 13.5. The molecule has 0 bridgehead atoms. The second-order valence-corrected chi connectivity index (χ2v) is 7.89. The van der Waals surface area contributed by atoms with Crippen molar-refractivity contribution < 1.29 is 12.8 Å². The Labute approximate surface area is 130 Å². The number of sulfonamides is 1. The van der Waals surface area contributed by atoms with Gasteiger partial charge in [-0.3, -0.25) is 0 Å². The number of hydrogen-bond acceptors (Lipinski definition) is 3. The zero-order valence-corrected chi connectivity index (χ0v) is 13.7. The molecule has 1 N–H and O–H groups in total. The standard InChI is InChI=1S/C14H20ClFN2O2S/c1-10(11-3-4-13(15)14(16)9-11)17-12-5-7-18(8-6-12)21(2,19)20/h3-4,9-10,12,17H,5-8H2,1-2H3. The summed E-state index contributed by atoms with van der Waals surface area (Å²) in [6.45, 7) is 3.02. The lowest BCUT2D eigenvalue weighted by molar-refractivity contribution is 0.278. The Bertz CT molecular complexity index is 601. The molecule has 7 heteroatoms. The molecule has 1 aromatic rings. The van der Waals surface area contributed by atoms with Gasteiger partial charge in [-0.1, -0.05) is 17.7 Å². The Morgan fingerprint density at radius 1 is 1.38 bits per heavy atom. The van der Waals surface area contributed by atoms with Crippen LogP contribution in [0.3, 0.4) is 0 Å². The third-order valence-electron chi connectivity index (χ3n) is 3.85. The minimum atomic E-state index is -3.10. The van der Waals surface area contributed by atoms with Crippen LogP contribution in [-0.4, -0.2) is 38.1 Å². The molecule has 1 aliphatic heterocycles. The summed E-state index contributed by atoms with van der Waals surface area (Å²) in [5, 5.41) is 3.54. The molecule has 0 spiro atoms. The van der Waals surface area contributed by atoms with Crippen molar-refractivity contribution in [1.29, 1.82) is 0 Å². The number of halogens is 2. The van der Waals surface area contributed by atoms with Gasteiger partial charge in [0, 0.05) is 25.2 Å². The molecule has 1 fully saturated rings. The van der Waals surface area contributed by atoms with Crippen molar-refractivity contribution in [2.75, 3.05) is 19.3 Å². The van der Waals surface area contributed by atoms with Crippen molar-refractivity contribution in [3.8, 4) is 0 Å². The first kappa shape index (κ1) is 16.7. The van der Waals surface area contributed by atoms with Crippen LogP contribution in [0.2, 0.25) is 5.02 Å². The monoisotopic (exact) mass is 334 g/mol. The van der Waals surface area contributed by atoms with Crippen LogP contribution in [0.25, 0.3) is 0 Å². The lowest BCUT2D eigenvalue weighted by atomic mass is 10.0. The van der Waals surface area contributed by atoms with E-state index in [1.54, 1.807) is 12.1 Å². The van der Waals surface area contributed by atoms with Gasteiger partial charge in [0.05, 0.1) is 11.3 Å². The van der Waals surface area contributed by atoms with Gasteiger partial charge in [-0.25, -0.2) is 17.1 Å². The molecule has 118 valence electrons. The second-order valence-electron chi connectivity index (χ2n) is 5.50. The number of rotatable bonds is 4. The Balaban J connectivity index is 1.92. The number of nitrogens with zero attached hydrogens (tertiary/aromatic N) is 1. The van der Waals surface area contributed by atoms with Gasteiger partial charge in [-0.2, -0.15) is 0 Å². The molecule has 1 atom stereocenters. The average molecular weight is 335 g/mol. The molecular formula is C14H20ClFN2O2S. The maximum Gasteiger partial charge on any atom is 0.211 e. The molecule has 21 heavy (non-hydrogen) atoms. The van der Waals surface area contributed by atoms with Crippen molar-refractivity contribution in [3.05, 3.63) is 34.6 Å². The molecule has 0 aliphatic carbocycles. The van der Waals surface area contributed by atoms with E-state index in [1.165, 1.54) is 16.6 Å². The van der Waals surface area contributed by atoms with Crippen molar-refractivity contribution in [2.24, 2.45) is 0 Å². The van der Waals surface area contributed by atoms with E-state index >= 15 is 0 Å². The first-order valence-electron chi connectivity index (χ1n) is 6.93. The maximum atomic E-state index is 13.5. The average Bonchev–Trinajstić information content (AvgIpc) is 2.41. The fraction of sp³-hybridized carbons (Fsp3) is 0.571. The largest absolute Gasteiger partial charge is 0.307 e. The summed E-state index contributed by atoms with van der Waals surface area (Å²) in [7, 11) is -3.10. The topological polar surface area (TPSA) is 49.4 Å². The third-order valence-corrected chi connectivity index (χ3v) is 5.46. The summed E-state index contributed by atoms with van der Waals surface area (Å²) < 4.78 is 37.9. The molecular weight excluding hydrogens is 315 g/mol. The van der Waals surface area contributed by atoms with Crippen molar-refractivity contribution in [1.82, 2.24) is 9.62 Å². The molecule has 0 amide bonds. The molecule has 4 nitrogen and oxygen atoms in total. The fourth-order valence-corrected chi connectivity index (χ4v) is 3.58. The second kappa shape index (κ2) is 6.60. The highest BCUT2D eigenvalue weighted by molar-refractivity contribution is 7.88. The van der Waals surface area contributed by atoms with E-state index < -0.39 is 15.8 Å². The van der Waals surface area contributed by atoms with Gasteiger partial charge in [0.25, 0.3) is 0 Å². The highest BCUT2D eigenvalue weighted by atomic mass is 35.5. The lowest BCUT2D eigenvalue weighted by Crippen LogP contribution is -2.45. The van der Waals surface area contributed by atoms with E-state index in [-0.39, 0.29) is 17.1 Å². The number of benzene rings is 1. The summed E-state index contributed by atoms with van der Waals surface area (Å²) in [6, 6.07) is 5.01. The van der Waals surface area contributed by atoms with Crippen LogP contribution in [0.4, 0.5) is 4.39 Å². The van der Waals surface area contributed by atoms with Gasteiger partial charge >= 0.3 is 0 Å². The molecule has 0 radical (unpaired) electrons. The lowest BCUT2D eigenvalue weighted by Gasteiger charge is -2.32. The molecule has 1 aromatic carbocycles. The van der Waals surface area contributed by atoms with Crippen molar-refractivity contribution in [3.63, 3.8) is 0 Å². The Kier molecular flexibility index (Phi) is 5.24. The summed E-state index contributed by atoms with van der Waals surface area (Å²) in [5.41, 5.74) is 0.836. The van der Waals surface area contributed by atoms with E-state index in [9.17, 15) is 12.8 Å². The summed E-state index contributed by atoms with van der Waals surface area (Å²) in [4.78, 5) is 0. The third kappa shape index (κ3) is 4.39. The molecule has 0 aromatic heterocycles. The van der Waals surface area contributed by atoms with Gasteiger partial charge in [0.2, 0.25) is 10.0 Å². The van der Waals surface area contributed by atoms with Crippen LogP contribution in [-0.2, 0) is 10.0 Å². The van der Waals surface area contributed by atoms with Crippen LogP contribution in [0.1, 0.15) is 31.4 Å². The minimum absolute atomic E-state index is 0.00782. The summed E-state index contributed by atoms with van der Waals surface area (Å²) >= 11 is 5.68. The minimum Gasteiger partial charge on any atom is -0.307 e. The van der Waals surface area contributed by atoms with Crippen LogP contribution in [0.5, 0.6) is 0 Å². The van der Waals surface area contributed by atoms with Gasteiger partial charge in [-0.05, 0) is 37.5 Å². The zero-order valence-electron chi connectivity index (χ0n) is 12.1. The zero-order chi connectivity index (χ0) is 15.6. The van der Waals surface area contributed by atoms with Crippen LogP contribution in [0, 0.1) is 5.82 Å².